The van der Waals surface area contributed by atoms with Crippen LogP contribution in [0.4, 0.5) is 4.79 Å². The van der Waals surface area contributed by atoms with Crippen LogP contribution in [0.25, 0.3) is 0 Å². The molecule has 2 unspecified atom stereocenters. The highest BCUT2D eigenvalue weighted by molar-refractivity contribution is 5.81. The predicted molar refractivity (Wildman–Crippen MR) is 141 cm³/mol. The van der Waals surface area contributed by atoms with Gasteiger partial charge in [-0.1, -0.05) is 117 Å². The number of ether oxygens (including phenoxy) is 2. The molecule has 0 spiro atoms. The molecule has 5 heteroatoms. The SMILES string of the molecule is CCCCCCCCCCCCOC(=O)C(NC(=O)OCC(CC)CCCC)C1CCCCC1. The van der Waals surface area contributed by atoms with Crippen LogP contribution in [-0.4, -0.2) is 31.3 Å². The van der Waals surface area contributed by atoms with Crippen molar-refractivity contribution in [2.45, 2.75) is 149 Å². The second kappa shape index (κ2) is 21.1. The third-order valence-electron chi connectivity index (χ3n) is 7.38. The molecular weight excluding hydrogens is 426 g/mol. The fraction of sp³-hybridized carbons (Fsp3) is 0.931. The fourth-order valence-corrected chi connectivity index (χ4v) is 4.95. The third-order valence-corrected chi connectivity index (χ3v) is 7.38. The molecule has 1 fully saturated rings. The van der Waals surface area contributed by atoms with Gasteiger partial charge < -0.3 is 14.8 Å². The van der Waals surface area contributed by atoms with Gasteiger partial charge in [-0.25, -0.2) is 9.59 Å². The molecule has 1 aliphatic carbocycles. The summed E-state index contributed by atoms with van der Waals surface area (Å²) < 4.78 is 11.1. The number of alkyl carbamates (subject to hydrolysis) is 1. The number of hydrogen-bond acceptors (Lipinski definition) is 4. The minimum atomic E-state index is -0.577. The van der Waals surface area contributed by atoms with E-state index < -0.39 is 12.1 Å². The van der Waals surface area contributed by atoms with Crippen LogP contribution in [0, 0.1) is 11.8 Å². The van der Waals surface area contributed by atoms with Gasteiger partial charge in [0.2, 0.25) is 0 Å². The van der Waals surface area contributed by atoms with E-state index in [0.717, 1.165) is 64.2 Å². The van der Waals surface area contributed by atoms with Gasteiger partial charge in [0.25, 0.3) is 0 Å². The number of carbonyl (C=O) groups is 2. The topological polar surface area (TPSA) is 64.6 Å². The van der Waals surface area contributed by atoms with Gasteiger partial charge in [-0.05, 0) is 37.5 Å². The highest BCUT2D eigenvalue weighted by Crippen LogP contribution is 2.27. The number of esters is 1. The average Bonchev–Trinajstić information content (AvgIpc) is 2.86. The summed E-state index contributed by atoms with van der Waals surface area (Å²) in [5.41, 5.74) is 0. The van der Waals surface area contributed by atoms with Gasteiger partial charge in [0.15, 0.2) is 0 Å². The van der Waals surface area contributed by atoms with Crippen molar-refractivity contribution in [3.8, 4) is 0 Å². The van der Waals surface area contributed by atoms with Gasteiger partial charge >= 0.3 is 12.1 Å². The Labute approximate surface area is 210 Å². The molecule has 2 atom stereocenters. The van der Waals surface area contributed by atoms with Crippen molar-refractivity contribution >= 4 is 12.1 Å². The van der Waals surface area contributed by atoms with Gasteiger partial charge in [-0.15, -0.1) is 0 Å². The molecule has 0 aromatic rings. The Morgan fingerprint density at radius 3 is 1.94 bits per heavy atom. The first-order valence-corrected chi connectivity index (χ1v) is 14.7. The van der Waals surface area contributed by atoms with Gasteiger partial charge in [0.05, 0.1) is 13.2 Å². The first-order valence-electron chi connectivity index (χ1n) is 14.7. The summed E-state index contributed by atoms with van der Waals surface area (Å²) in [5, 5.41) is 2.88. The molecule has 5 nitrogen and oxygen atoms in total. The summed E-state index contributed by atoms with van der Waals surface area (Å²) in [6, 6.07) is -0.577. The molecule has 0 aromatic carbocycles. The van der Waals surface area contributed by atoms with Gasteiger partial charge in [0, 0.05) is 0 Å². The number of hydrogen-bond donors (Lipinski definition) is 1. The van der Waals surface area contributed by atoms with Crippen molar-refractivity contribution in [3.63, 3.8) is 0 Å². The average molecular weight is 482 g/mol. The molecule has 200 valence electrons. The van der Waals surface area contributed by atoms with Crippen molar-refractivity contribution < 1.29 is 19.1 Å². The fourth-order valence-electron chi connectivity index (χ4n) is 4.95. The van der Waals surface area contributed by atoms with E-state index in [2.05, 4.69) is 26.1 Å². The highest BCUT2D eigenvalue weighted by Gasteiger charge is 2.32. The van der Waals surface area contributed by atoms with E-state index in [1.807, 2.05) is 0 Å². The summed E-state index contributed by atoms with van der Waals surface area (Å²) in [4.78, 5) is 25.4. The van der Waals surface area contributed by atoms with E-state index in [4.69, 9.17) is 9.47 Å². The second-order valence-electron chi connectivity index (χ2n) is 10.4. The number of nitrogens with one attached hydrogen (secondary N) is 1. The molecule has 1 rings (SSSR count). The molecule has 0 aliphatic heterocycles. The molecule has 0 aromatic heterocycles. The molecular formula is C29H55NO4. The van der Waals surface area contributed by atoms with E-state index in [1.165, 1.54) is 57.8 Å². The smallest absolute Gasteiger partial charge is 0.407 e. The van der Waals surface area contributed by atoms with E-state index >= 15 is 0 Å². The lowest BCUT2D eigenvalue weighted by Crippen LogP contribution is -2.48. The lowest BCUT2D eigenvalue weighted by Gasteiger charge is -2.29. The third kappa shape index (κ3) is 14.9. The Hall–Kier alpha value is -1.26. The van der Waals surface area contributed by atoms with Gasteiger partial charge in [-0.2, -0.15) is 0 Å². The van der Waals surface area contributed by atoms with Crippen molar-refractivity contribution in [3.05, 3.63) is 0 Å². The molecule has 0 saturated heterocycles. The molecule has 1 aliphatic rings. The molecule has 1 saturated carbocycles. The van der Waals surface area contributed by atoms with E-state index in [0.29, 0.717) is 19.1 Å². The number of unbranched alkanes of at least 4 members (excludes halogenated alkanes) is 10. The van der Waals surface area contributed by atoms with Gasteiger partial charge in [-0.3, -0.25) is 0 Å². The summed E-state index contributed by atoms with van der Waals surface area (Å²) in [6.07, 6.45) is 21.8. The normalized spacial score (nSPS) is 16.1. The van der Waals surface area contributed by atoms with Crippen LogP contribution in [0.5, 0.6) is 0 Å². The number of carbonyl (C=O) groups excluding carboxylic acids is 2. The van der Waals surface area contributed by atoms with Crippen molar-refractivity contribution in [1.29, 1.82) is 0 Å². The maximum atomic E-state index is 12.9. The minimum absolute atomic E-state index is 0.156. The lowest BCUT2D eigenvalue weighted by molar-refractivity contribution is -0.148. The van der Waals surface area contributed by atoms with Crippen LogP contribution >= 0.6 is 0 Å². The first kappa shape index (κ1) is 30.8. The van der Waals surface area contributed by atoms with Gasteiger partial charge in [0.1, 0.15) is 6.04 Å². The van der Waals surface area contributed by atoms with Crippen LogP contribution in [0.15, 0.2) is 0 Å². The second-order valence-corrected chi connectivity index (χ2v) is 10.4. The van der Waals surface area contributed by atoms with Crippen LogP contribution < -0.4 is 5.32 Å². The molecule has 34 heavy (non-hydrogen) atoms. The number of amides is 1. The Bertz CT molecular complexity index is 504. The quantitative estimate of drug-likeness (QED) is 0.140. The maximum Gasteiger partial charge on any atom is 0.407 e. The molecule has 1 N–H and O–H groups in total. The number of rotatable bonds is 20. The van der Waals surface area contributed by atoms with E-state index in [9.17, 15) is 9.59 Å². The van der Waals surface area contributed by atoms with Crippen molar-refractivity contribution in [1.82, 2.24) is 5.32 Å². The largest absolute Gasteiger partial charge is 0.464 e. The highest BCUT2D eigenvalue weighted by atomic mass is 16.6. The molecule has 0 bridgehead atoms. The summed E-state index contributed by atoms with van der Waals surface area (Å²) >= 11 is 0. The monoisotopic (exact) mass is 481 g/mol. The minimum Gasteiger partial charge on any atom is -0.464 e. The Kier molecular flexibility index (Phi) is 19.1. The molecule has 1 amide bonds. The van der Waals surface area contributed by atoms with Crippen molar-refractivity contribution in [2.24, 2.45) is 11.8 Å². The maximum absolute atomic E-state index is 12.9. The predicted octanol–water partition coefficient (Wildman–Crippen LogP) is 8.34. The zero-order chi connectivity index (χ0) is 24.9. The summed E-state index contributed by atoms with van der Waals surface area (Å²) in [7, 11) is 0. The summed E-state index contributed by atoms with van der Waals surface area (Å²) in [6.45, 7) is 7.44. The molecule has 0 heterocycles. The van der Waals surface area contributed by atoms with Crippen LogP contribution in [0.2, 0.25) is 0 Å². The Morgan fingerprint density at radius 2 is 1.35 bits per heavy atom. The Morgan fingerprint density at radius 1 is 0.765 bits per heavy atom. The van der Waals surface area contributed by atoms with Crippen LogP contribution in [-0.2, 0) is 14.3 Å². The Balaban J connectivity index is 2.33. The van der Waals surface area contributed by atoms with Crippen LogP contribution in [0.3, 0.4) is 0 Å². The lowest BCUT2D eigenvalue weighted by atomic mass is 9.84. The van der Waals surface area contributed by atoms with Crippen LogP contribution in [0.1, 0.15) is 143 Å². The summed E-state index contributed by atoms with van der Waals surface area (Å²) in [5.74, 6) is 0.267. The first-order chi connectivity index (χ1) is 16.6. The van der Waals surface area contributed by atoms with E-state index in [-0.39, 0.29) is 11.9 Å². The van der Waals surface area contributed by atoms with Crippen molar-refractivity contribution in [2.75, 3.05) is 13.2 Å². The van der Waals surface area contributed by atoms with E-state index in [1.54, 1.807) is 0 Å². The zero-order valence-electron chi connectivity index (χ0n) is 22.7. The standard InChI is InChI=1S/C29H55NO4/c1-4-7-9-10-11-12-13-14-15-19-23-33-28(31)27(26-21-17-16-18-22-26)30-29(32)34-24-25(6-3)20-8-5-2/h25-27H,4-24H2,1-3H3,(H,30,32). The zero-order valence-corrected chi connectivity index (χ0v) is 22.7. The molecule has 0 radical (unpaired) electrons.